The summed E-state index contributed by atoms with van der Waals surface area (Å²) in [5, 5.41) is 11.2. The fourth-order valence-electron chi connectivity index (χ4n) is 3.29. The SMILES string of the molecule is CN(C)CC1CCC(Cc2nc(N)nc(N)c2[N+](=O)[O-])CC1. The van der Waals surface area contributed by atoms with Crippen molar-refractivity contribution in [3.8, 4) is 0 Å². The highest BCUT2D eigenvalue weighted by Crippen LogP contribution is 2.34. The number of nitrogen functional groups attached to an aromatic ring is 2. The van der Waals surface area contributed by atoms with Crippen molar-refractivity contribution < 1.29 is 4.92 Å². The number of nitrogens with two attached hydrogens (primary N) is 2. The van der Waals surface area contributed by atoms with E-state index in [2.05, 4.69) is 29.0 Å². The van der Waals surface area contributed by atoms with Crippen molar-refractivity contribution in [2.75, 3.05) is 32.1 Å². The second-order valence-corrected chi connectivity index (χ2v) is 6.37. The van der Waals surface area contributed by atoms with E-state index in [0.29, 0.717) is 24.0 Å². The molecule has 22 heavy (non-hydrogen) atoms. The maximum Gasteiger partial charge on any atom is 0.332 e. The smallest absolute Gasteiger partial charge is 0.332 e. The molecule has 1 aromatic rings. The van der Waals surface area contributed by atoms with Crippen LogP contribution in [0.4, 0.5) is 17.5 Å². The second-order valence-electron chi connectivity index (χ2n) is 6.37. The Bertz CT molecular complexity index is 540. The molecule has 8 heteroatoms. The lowest BCUT2D eigenvalue weighted by molar-refractivity contribution is -0.385. The van der Waals surface area contributed by atoms with Crippen molar-refractivity contribution in [2.24, 2.45) is 11.8 Å². The minimum atomic E-state index is -0.512. The maximum absolute atomic E-state index is 11.2. The Hall–Kier alpha value is -1.96. The van der Waals surface area contributed by atoms with Gasteiger partial charge in [0.1, 0.15) is 5.69 Å². The van der Waals surface area contributed by atoms with Gasteiger partial charge < -0.3 is 16.4 Å². The summed E-state index contributed by atoms with van der Waals surface area (Å²) in [6.07, 6.45) is 4.94. The molecule has 0 spiro atoms. The Morgan fingerprint density at radius 2 is 1.77 bits per heavy atom. The number of rotatable bonds is 5. The van der Waals surface area contributed by atoms with Gasteiger partial charge in [-0.3, -0.25) is 10.1 Å². The first-order valence-electron chi connectivity index (χ1n) is 7.57. The Balaban J connectivity index is 2.05. The Morgan fingerprint density at radius 1 is 1.18 bits per heavy atom. The Morgan fingerprint density at radius 3 is 2.32 bits per heavy atom. The molecule has 122 valence electrons. The topological polar surface area (TPSA) is 124 Å². The molecule has 0 atom stereocenters. The van der Waals surface area contributed by atoms with Crippen LogP contribution < -0.4 is 11.5 Å². The number of hydrogen-bond donors (Lipinski definition) is 2. The molecule has 0 unspecified atom stereocenters. The van der Waals surface area contributed by atoms with Crippen molar-refractivity contribution in [1.82, 2.24) is 14.9 Å². The summed E-state index contributed by atoms with van der Waals surface area (Å²) in [6.45, 7) is 1.10. The minimum Gasteiger partial charge on any atom is -0.378 e. The summed E-state index contributed by atoms with van der Waals surface area (Å²) >= 11 is 0. The molecule has 0 saturated heterocycles. The van der Waals surface area contributed by atoms with Crippen LogP contribution in [0.1, 0.15) is 31.4 Å². The molecule has 4 N–H and O–H groups in total. The van der Waals surface area contributed by atoms with Crippen molar-refractivity contribution in [3.63, 3.8) is 0 Å². The highest BCUT2D eigenvalue weighted by atomic mass is 16.6. The predicted octanol–water partition coefficient (Wildman–Crippen LogP) is 1.46. The van der Waals surface area contributed by atoms with Gasteiger partial charge in [0, 0.05) is 6.54 Å². The highest BCUT2D eigenvalue weighted by Gasteiger charge is 2.27. The van der Waals surface area contributed by atoms with E-state index in [4.69, 9.17) is 11.5 Å². The number of nitrogens with zero attached hydrogens (tertiary/aromatic N) is 4. The van der Waals surface area contributed by atoms with E-state index in [9.17, 15) is 10.1 Å². The number of aromatic nitrogens is 2. The normalized spacial score (nSPS) is 22.0. The van der Waals surface area contributed by atoms with Gasteiger partial charge in [-0.25, -0.2) is 4.98 Å². The van der Waals surface area contributed by atoms with Crippen LogP contribution in [0.5, 0.6) is 0 Å². The van der Waals surface area contributed by atoms with Crippen LogP contribution in [-0.4, -0.2) is 40.4 Å². The molecule has 8 nitrogen and oxygen atoms in total. The van der Waals surface area contributed by atoms with Gasteiger partial charge in [-0.1, -0.05) is 0 Å². The zero-order chi connectivity index (χ0) is 16.3. The van der Waals surface area contributed by atoms with Gasteiger partial charge in [0.2, 0.25) is 11.8 Å². The average molecular weight is 308 g/mol. The van der Waals surface area contributed by atoms with Crippen LogP contribution in [-0.2, 0) is 6.42 Å². The van der Waals surface area contributed by atoms with Gasteiger partial charge in [-0.05, 0) is 58.0 Å². The number of nitro groups is 1. The molecule has 0 amide bonds. The van der Waals surface area contributed by atoms with Gasteiger partial charge in [0.15, 0.2) is 0 Å². The summed E-state index contributed by atoms with van der Waals surface area (Å²) in [6, 6.07) is 0. The van der Waals surface area contributed by atoms with Crippen molar-refractivity contribution in [2.45, 2.75) is 32.1 Å². The molecule has 1 fully saturated rings. The third-order valence-corrected chi connectivity index (χ3v) is 4.25. The lowest BCUT2D eigenvalue weighted by atomic mass is 9.79. The zero-order valence-electron chi connectivity index (χ0n) is 13.2. The Kier molecular flexibility index (Phi) is 5.12. The molecule has 0 bridgehead atoms. The van der Waals surface area contributed by atoms with Gasteiger partial charge in [-0.2, -0.15) is 4.98 Å². The molecule has 1 aromatic heterocycles. The lowest BCUT2D eigenvalue weighted by Crippen LogP contribution is -2.26. The lowest BCUT2D eigenvalue weighted by Gasteiger charge is -2.30. The molecular formula is C14H24N6O2. The molecule has 0 radical (unpaired) electrons. The van der Waals surface area contributed by atoms with E-state index in [1.165, 1.54) is 0 Å². The molecule has 2 rings (SSSR count). The minimum absolute atomic E-state index is 0.000561. The van der Waals surface area contributed by atoms with Crippen LogP contribution in [0.25, 0.3) is 0 Å². The van der Waals surface area contributed by atoms with E-state index < -0.39 is 4.92 Å². The van der Waals surface area contributed by atoms with Crippen molar-refractivity contribution in [3.05, 3.63) is 15.8 Å². The largest absolute Gasteiger partial charge is 0.378 e. The van der Waals surface area contributed by atoms with Crippen LogP contribution in [0.2, 0.25) is 0 Å². The van der Waals surface area contributed by atoms with E-state index in [-0.39, 0.29) is 17.5 Å². The first kappa shape index (κ1) is 16.4. The first-order valence-corrected chi connectivity index (χ1v) is 7.57. The predicted molar refractivity (Wildman–Crippen MR) is 85.2 cm³/mol. The summed E-state index contributed by atoms with van der Waals surface area (Å²) < 4.78 is 0. The van der Waals surface area contributed by atoms with E-state index >= 15 is 0 Å². The van der Waals surface area contributed by atoms with Crippen molar-refractivity contribution in [1.29, 1.82) is 0 Å². The molecule has 0 aromatic carbocycles. The van der Waals surface area contributed by atoms with E-state index in [1.807, 2.05) is 0 Å². The van der Waals surface area contributed by atoms with Crippen LogP contribution in [0.3, 0.4) is 0 Å². The summed E-state index contributed by atoms with van der Waals surface area (Å²) in [7, 11) is 4.17. The number of anilines is 2. The monoisotopic (exact) mass is 308 g/mol. The zero-order valence-corrected chi connectivity index (χ0v) is 13.2. The average Bonchev–Trinajstić information content (AvgIpc) is 2.39. The first-order chi connectivity index (χ1) is 10.4. The fraction of sp³-hybridized carbons (Fsp3) is 0.714. The maximum atomic E-state index is 11.2. The highest BCUT2D eigenvalue weighted by molar-refractivity contribution is 5.57. The summed E-state index contributed by atoms with van der Waals surface area (Å²) in [5.41, 5.74) is 11.4. The number of hydrogen-bond acceptors (Lipinski definition) is 7. The molecule has 1 aliphatic carbocycles. The fourth-order valence-corrected chi connectivity index (χ4v) is 3.29. The Labute approximate surface area is 130 Å². The quantitative estimate of drug-likeness (QED) is 0.623. The second kappa shape index (κ2) is 6.87. The molecule has 0 aliphatic heterocycles. The molecular weight excluding hydrogens is 284 g/mol. The van der Waals surface area contributed by atoms with Gasteiger partial charge >= 0.3 is 5.69 Å². The third-order valence-electron chi connectivity index (χ3n) is 4.25. The van der Waals surface area contributed by atoms with Gasteiger partial charge in [0.25, 0.3) is 0 Å². The van der Waals surface area contributed by atoms with Crippen molar-refractivity contribution >= 4 is 17.5 Å². The van der Waals surface area contributed by atoms with E-state index in [1.54, 1.807) is 0 Å². The third kappa shape index (κ3) is 4.03. The van der Waals surface area contributed by atoms with Crippen LogP contribution in [0.15, 0.2) is 0 Å². The molecule has 1 aliphatic rings. The molecule has 1 saturated carbocycles. The van der Waals surface area contributed by atoms with Crippen LogP contribution in [0, 0.1) is 22.0 Å². The standard InChI is InChI=1S/C14H24N6O2/c1-19(2)8-10-5-3-9(4-6-10)7-11-12(20(21)22)13(15)18-14(16)17-11/h9-10H,3-8H2,1-2H3,(H4,15,16,17,18). The summed E-state index contributed by atoms with van der Waals surface area (Å²) in [4.78, 5) is 20.6. The summed E-state index contributed by atoms with van der Waals surface area (Å²) in [5.74, 6) is 0.959. The van der Waals surface area contributed by atoms with Crippen LogP contribution >= 0.6 is 0 Å². The van der Waals surface area contributed by atoms with Gasteiger partial charge in [-0.15, -0.1) is 0 Å². The molecule has 1 heterocycles. The van der Waals surface area contributed by atoms with E-state index in [0.717, 1.165) is 32.2 Å². The van der Waals surface area contributed by atoms with Gasteiger partial charge in [0.05, 0.1) is 4.92 Å².